The lowest BCUT2D eigenvalue weighted by Crippen LogP contribution is -1.84. The van der Waals surface area contributed by atoms with Crippen LogP contribution in [0.4, 0.5) is 0 Å². The molecule has 0 bridgehead atoms. The minimum absolute atomic E-state index is 0.139. The van der Waals surface area contributed by atoms with E-state index >= 15 is 0 Å². The maximum atomic E-state index is 4.94. The van der Waals surface area contributed by atoms with Gasteiger partial charge >= 0.3 is 0 Å². The van der Waals surface area contributed by atoms with Gasteiger partial charge in [-0.15, -0.1) is 17.4 Å². The smallest absolute Gasteiger partial charge is 0.251 e. The zero-order valence-electron chi connectivity index (χ0n) is 6.81. The molecule has 1 nitrogen and oxygen atoms in total. The van der Waals surface area contributed by atoms with Gasteiger partial charge in [-0.2, -0.15) is 0 Å². The lowest BCUT2D eigenvalue weighted by Gasteiger charge is -1.76. The van der Waals surface area contributed by atoms with Crippen LogP contribution in [0, 0.1) is 0 Å². The Kier molecular flexibility index (Phi) is 6.97. The molecule has 0 aromatic carbocycles. The molecule has 54 valence electrons. The molecule has 1 rings (SSSR count). The molecule has 9 heavy (non-hydrogen) atoms. The molecule has 1 saturated heterocycles. The molecular weight excluding hydrogens is 127 g/mol. The van der Waals surface area contributed by atoms with Crippen LogP contribution in [0.2, 0.25) is 17.4 Å². The van der Waals surface area contributed by atoms with E-state index < -0.39 is 0 Å². The molecule has 0 amide bonds. The van der Waals surface area contributed by atoms with Crippen LogP contribution in [0.25, 0.3) is 0 Å². The van der Waals surface area contributed by atoms with E-state index in [2.05, 4.69) is 17.4 Å². The molecule has 1 fully saturated rings. The van der Waals surface area contributed by atoms with Crippen LogP contribution in [-0.4, -0.2) is 27.4 Å². The molecule has 1 aliphatic heterocycles. The molecule has 0 radical (unpaired) electrons. The third-order valence-electron chi connectivity index (χ3n) is 0.827. The van der Waals surface area contributed by atoms with Crippen molar-refractivity contribution in [2.24, 2.45) is 0 Å². The molecule has 0 N–H and O–H groups in total. The van der Waals surface area contributed by atoms with Crippen LogP contribution >= 0.6 is 0 Å². The van der Waals surface area contributed by atoms with Gasteiger partial charge in [-0.25, -0.2) is 0 Å². The van der Waals surface area contributed by atoms with Crippen molar-refractivity contribution in [1.29, 1.82) is 0 Å². The molecule has 0 aromatic heterocycles. The minimum atomic E-state index is -0.139. The van der Waals surface area contributed by atoms with Crippen LogP contribution < -0.4 is 0 Å². The Balaban J connectivity index is 0.000000148. The van der Waals surface area contributed by atoms with E-state index in [4.69, 9.17) is 4.74 Å². The first-order chi connectivity index (χ1) is 4.23. The van der Waals surface area contributed by atoms with Crippen molar-refractivity contribution in [1.82, 2.24) is 0 Å². The average Bonchev–Trinajstić information content (AvgIpc) is 2.11. The fourth-order valence-corrected chi connectivity index (χ4v) is 0.510. The minimum Gasteiger partial charge on any atom is -0.381 e. The topological polar surface area (TPSA) is 9.23 Å². The Bertz CT molecular complexity index is 40.5. The predicted octanol–water partition coefficient (Wildman–Crippen LogP) is 2.17. The molecule has 0 unspecified atom stereocenters. The van der Waals surface area contributed by atoms with Gasteiger partial charge in [-0.1, -0.05) is 0 Å². The van der Waals surface area contributed by atoms with Crippen molar-refractivity contribution in [2.75, 3.05) is 13.2 Å². The fraction of sp³-hybridized carbons (Fsp3) is 1.00. The Morgan fingerprint density at radius 1 is 1.00 bits per heavy atom. The van der Waals surface area contributed by atoms with Gasteiger partial charge in [0.2, 0.25) is 0 Å². The standard InChI is InChI=1S/C4H8O.3CH3.Al/c1-2-4-5-3-1;;;;/h1-4H2;3*1H3;. The molecule has 0 saturated carbocycles. The van der Waals surface area contributed by atoms with E-state index in [-0.39, 0.29) is 14.1 Å². The number of hydrogen-bond donors (Lipinski definition) is 0. The van der Waals surface area contributed by atoms with Gasteiger partial charge in [0, 0.05) is 13.2 Å². The third-order valence-corrected chi connectivity index (χ3v) is 0.827. The van der Waals surface area contributed by atoms with E-state index in [1.54, 1.807) is 0 Å². The molecule has 0 aromatic rings. The summed E-state index contributed by atoms with van der Waals surface area (Å²) in [7, 11) is 0. The highest BCUT2D eigenvalue weighted by Gasteiger charge is 1.94. The first-order valence-corrected chi connectivity index (χ1v) is 7.27. The van der Waals surface area contributed by atoms with Crippen molar-refractivity contribution in [3.8, 4) is 0 Å². The molecule has 0 aliphatic carbocycles. The van der Waals surface area contributed by atoms with E-state index in [1.165, 1.54) is 12.8 Å². The third kappa shape index (κ3) is 11.9. The van der Waals surface area contributed by atoms with Gasteiger partial charge in [0.1, 0.15) is 0 Å². The highest BCUT2D eigenvalue weighted by Crippen LogP contribution is 1.98. The summed E-state index contributed by atoms with van der Waals surface area (Å²) in [6.07, 6.45) is 2.56. The highest BCUT2D eigenvalue weighted by molar-refractivity contribution is 6.54. The Labute approximate surface area is 62.8 Å². The van der Waals surface area contributed by atoms with Crippen molar-refractivity contribution < 1.29 is 4.74 Å². The number of hydrogen-bond acceptors (Lipinski definition) is 1. The van der Waals surface area contributed by atoms with Crippen LogP contribution in [0.3, 0.4) is 0 Å². The van der Waals surface area contributed by atoms with Gasteiger partial charge in [0.25, 0.3) is 14.1 Å². The normalized spacial score (nSPS) is 16.3. The Morgan fingerprint density at radius 2 is 1.33 bits per heavy atom. The molecule has 2 heteroatoms. The number of rotatable bonds is 0. The van der Waals surface area contributed by atoms with Crippen LogP contribution in [0.15, 0.2) is 0 Å². The zero-order chi connectivity index (χ0) is 7.11. The van der Waals surface area contributed by atoms with E-state index in [0.717, 1.165) is 13.2 Å². The molecule has 1 aliphatic rings. The van der Waals surface area contributed by atoms with E-state index in [0.29, 0.717) is 0 Å². The second kappa shape index (κ2) is 6.61. The van der Waals surface area contributed by atoms with Gasteiger partial charge in [-0.3, -0.25) is 0 Å². The largest absolute Gasteiger partial charge is 0.381 e. The maximum Gasteiger partial charge on any atom is 0.251 e. The lowest BCUT2D eigenvalue weighted by atomic mass is 10.4. The highest BCUT2D eigenvalue weighted by atomic mass is 27.2. The summed E-state index contributed by atoms with van der Waals surface area (Å²) in [6, 6.07) is 0. The van der Waals surface area contributed by atoms with Crippen LogP contribution in [0.5, 0.6) is 0 Å². The summed E-state index contributed by atoms with van der Waals surface area (Å²) in [5.74, 6) is 6.92. The van der Waals surface area contributed by atoms with Gasteiger partial charge in [0.15, 0.2) is 0 Å². The quantitative estimate of drug-likeness (QED) is 0.473. The monoisotopic (exact) mass is 144 g/mol. The van der Waals surface area contributed by atoms with Crippen molar-refractivity contribution in [2.45, 2.75) is 30.2 Å². The summed E-state index contributed by atoms with van der Waals surface area (Å²) in [6.45, 7) is 2.00. The Morgan fingerprint density at radius 3 is 1.44 bits per heavy atom. The second-order valence-electron chi connectivity index (χ2n) is 3.05. The molecule has 1 heterocycles. The summed E-state index contributed by atoms with van der Waals surface area (Å²) in [4.78, 5) is 0. The molecule has 0 atom stereocenters. The van der Waals surface area contributed by atoms with Gasteiger partial charge < -0.3 is 4.74 Å². The van der Waals surface area contributed by atoms with Crippen molar-refractivity contribution in [3.63, 3.8) is 0 Å². The van der Waals surface area contributed by atoms with E-state index in [1.807, 2.05) is 0 Å². The summed E-state index contributed by atoms with van der Waals surface area (Å²) < 4.78 is 4.94. The van der Waals surface area contributed by atoms with Crippen LogP contribution in [-0.2, 0) is 4.74 Å². The second-order valence-corrected chi connectivity index (χ2v) is 6.52. The first kappa shape index (κ1) is 9.49. The fourth-order valence-electron chi connectivity index (χ4n) is 0.510. The summed E-state index contributed by atoms with van der Waals surface area (Å²) in [5.41, 5.74) is 0. The SMILES string of the molecule is C1CCOC1.[CH3][Al]([CH3])[CH3]. The summed E-state index contributed by atoms with van der Waals surface area (Å²) >= 11 is -0.139. The Hall–Kier alpha value is 0.492. The zero-order valence-corrected chi connectivity index (χ0v) is 7.97. The van der Waals surface area contributed by atoms with Crippen LogP contribution in [0.1, 0.15) is 12.8 Å². The van der Waals surface area contributed by atoms with Gasteiger partial charge in [-0.05, 0) is 12.8 Å². The van der Waals surface area contributed by atoms with E-state index in [9.17, 15) is 0 Å². The average molecular weight is 144 g/mol. The predicted molar refractivity (Wildman–Crippen MR) is 43.4 cm³/mol. The summed E-state index contributed by atoms with van der Waals surface area (Å²) in [5, 5.41) is 0. The molecule has 0 spiro atoms. The number of ether oxygens (including phenoxy) is 1. The maximum absolute atomic E-state index is 4.94. The van der Waals surface area contributed by atoms with Crippen molar-refractivity contribution >= 4 is 14.1 Å². The van der Waals surface area contributed by atoms with Gasteiger partial charge in [0.05, 0.1) is 0 Å². The first-order valence-electron chi connectivity index (χ1n) is 3.81. The molecular formula is C7H17AlO. The lowest BCUT2D eigenvalue weighted by molar-refractivity contribution is 0.198. The van der Waals surface area contributed by atoms with Crippen molar-refractivity contribution in [3.05, 3.63) is 0 Å².